The van der Waals surface area contributed by atoms with Gasteiger partial charge in [0, 0.05) is 11.6 Å². The molecule has 2 aromatic rings. The van der Waals surface area contributed by atoms with Crippen LogP contribution < -0.4 is 11.1 Å². The van der Waals surface area contributed by atoms with Crippen molar-refractivity contribution in [3.63, 3.8) is 0 Å². The fourth-order valence-electron chi connectivity index (χ4n) is 2.16. The molecule has 7 heteroatoms. The smallest absolute Gasteiger partial charge is 0.252 e. The third-order valence-corrected chi connectivity index (χ3v) is 4.03. The van der Waals surface area contributed by atoms with E-state index in [9.17, 15) is 14.0 Å². The van der Waals surface area contributed by atoms with Crippen LogP contribution in [-0.2, 0) is 11.2 Å². The summed E-state index contributed by atoms with van der Waals surface area (Å²) in [6.07, 6.45) is 0.296. The Bertz CT molecular complexity index is 751. The minimum Gasteiger partial charge on any atom is -0.369 e. The summed E-state index contributed by atoms with van der Waals surface area (Å²) in [7, 11) is 0. The van der Waals surface area contributed by atoms with Gasteiger partial charge in [-0.05, 0) is 42.3 Å². The van der Waals surface area contributed by atoms with Gasteiger partial charge < -0.3 is 11.1 Å². The fourth-order valence-corrected chi connectivity index (χ4v) is 2.66. The van der Waals surface area contributed by atoms with Crippen LogP contribution >= 0.6 is 23.2 Å². The molecule has 0 aliphatic rings. The number of nitrogens with two attached hydrogens (primary N) is 1. The number of primary amides is 1. The van der Waals surface area contributed by atoms with Crippen molar-refractivity contribution in [1.82, 2.24) is 5.32 Å². The fraction of sp³-hybridized carbons (Fsp3) is 0.176. The summed E-state index contributed by atoms with van der Waals surface area (Å²) in [6, 6.07) is 10.3. The molecular weight excluding hydrogens is 354 g/mol. The Morgan fingerprint density at radius 3 is 2.38 bits per heavy atom. The highest BCUT2D eigenvalue weighted by molar-refractivity contribution is 6.36. The Morgan fingerprint density at radius 1 is 1.12 bits per heavy atom. The highest BCUT2D eigenvalue weighted by Gasteiger charge is 2.18. The first-order chi connectivity index (χ1) is 11.4. The van der Waals surface area contributed by atoms with Gasteiger partial charge >= 0.3 is 0 Å². The molecule has 0 aliphatic carbocycles. The molecule has 24 heavy (non-hydrogen) atoms. The van der Waals surface area contributed by atoms with Gasteiger partial charge in [-0.2, -0.15) is 0 Å². The number of carbonyl (C=O) groups is 2. The molecule has 0 heterocycles. The highest BCUT2D eigenvalue weighted by Crippen LogP contribution is 2.21. The molecule has 0 radical (unpaired) electrons. The van der Waals surface area contributed by atoms with E-state index in [4.69, 9.17) is 28.9 Å². The van der Waals surface area contributed by atoms with Gasteiger partial charge in [-0.25, -0.2) is 4.39 Å². The minimum atomic E-state index is -0.620. The first-order valence-corrected chi connectivity index (χ1v) is 7.89. The van der Waals surface area contributed by atoms with Crippen LogP contribution in [0.25, 0.3) is 0 Å². The number of hydrogen-bond donors (Lipinski definition) is 2. The van der Waals surface area contributed by atoms with Crippen LogP contribution in [0.4, 0.5) is 4.39 Å². The second kappa shape index (κ2) is 8.13. The molecule has 0 saturated heterocycles. The lowest BCUT2D eigenvalue weighted by atomic mass is 9.98. The summed E-state index contributed by atoms with van der Waals surface area (Å²) < 4.78 is 12.9. The Balaban J connectivity index is 2.01. The van der Waals surface area contributed by atoms with Gasteiger partial charge in [0.1, 0.15) is 5.82 Å². The van der Waals surface area contributed by atoms with Crippen molar-refractivity contribution in [1.29, 1.82) is 0 Å². The maximum atomic E-state index is 12.9. The van der Waals surface area contributed by atoms with Crippen molar-refractivity contribution in [2.75, 3.05) is 6.54 Å². The molecule has 0 bridgehead atoms. The number of halogens is 3. The number of carbonyl (C=O) groups excluding carboxylic acids is 2. The van der Waals surface area contributed by atoms with Gasteiger partial charge in [0.2, 0.25) is 5.91 Å². The first-order valence-electron chi connectivity index (χ1n) is 7.14. The van der Waals surface area contributed by atoms with E-state index < -0.39 is 17.7 Å². The molecule has 4 nitrogen and oxygen atoms in total. The minimum absolute atomic E-state index is 0.0461. The van der Waals surface area contributed by atoms with Gasteiger partial charge in [-0.1, -0.05) is 35.3 Å². The number of amides is 2. The SMILES string of the molecule is NC(=O)C(CNC(=O)c1ccc(Cl)cc1Cl)Cc1ccc(F)cc1. The van der Waals surface area contributed by atoms with Gasteiger partial charge in [0.15, 0.2) is 0 Å². The number of hydrogen-bond acceptors (Lipinski definition) is 2. The van der Waals surface area contributed by atoms with Crippen LogP contribution in [0.5, 0.6) is 0 Å². The lowest BCUT2D eigenvalue weighted by molar-refractivity contribution is -0.121. The Kier molecular flexibility index (Phi) is 6.17. The second-order valence-corrected chi connectivity index (χ2v) is 6.11. The Labute approximate surface area is 148 Å². The Morgan fingerprint density at radius 2 is 1.79 bits per heavy atom. The normalized spacial score (nSPS) is 11.8. The van der Waals surface area contributed by atoms with Crippen molar-refractivity contribution in [2.45, 2.75) is 6.42 Å². The van der Waals surface area contributed by atoms with Gasteiger partial charge in [-0.3, -0.25) is 9.59 Å². The van der Waals surface area contributed by atoms with Crippen molar-refractivity contribution in [3.8, 4) is 0 Å². The molecule has 1 unspecified atom stereocenters. The molecular formula is C17H15Cl2FN2O2. The van der Waals surface area contributed by atoms with Crippen LogP contribution in [0.2, 0.25) is 10.0 Å². The van der Waals surface area contributed by atoms with Crippen molar-refractivity contribution in [2.24, 2.45) is 11.7 Å². The number of nitrogens with one attached hydrogen (secondary N) is 1. The molecule has 126 valence electrons. The lowest BCUT2D eigenvalue weighted by Gasteiger charge is -2.15. The monoisotopic (exact) mass is 368 g/mol. The quantitative estimate of drug-likeness (QED) is 0.821. The average molecular weight is 369 g/mol. The van der Waals surface area contributed by atoms with E-state index >= 15 is 0 Å². The Hall–Kier alpha value is -2.11. The molecule has 3 N–H and O–H groups in total. The molecule has 1 atom stereocenters. The summed E-state index contributed by atoms with van der Waals surface area (Å²) in [6.45, 7) is 0.0461. The number of benzene rings is 2. The molecule has 0 fully saturated rings. The average Bonchev–Trinajstić information content (AvgIpc) is 2.52. The maximum Gasteiger partial charge on any atom is 0.252 e. The highest BCUT2D eigenvalue weighted by atomic mass is 35.5. The molecule has 2 amide bonds. The second-order valence-electron chi connectivity index (χ2n) is 5.26. The lowest BCUT2D eigenvalue weighted by Crippen LogP contribution is -2.37. The van der Waals surface area contributed by atoms with Crippen molar-refractivity contribution in [3.05, 3.63) is 69.5 Å². The van der Waals surface area contributed by atoms with Crippen LogP contribution in [0, 0.1) is 11.7 Å². The molecule has 0 spiro atoms. The molecule has 0 aromatic heterocycles. The third kappa shape index (κ3) is 4.94. The van der Waals surface area contributed by atoms with E-state index in [1.54, 1.807) is 18.2 Å². The summed E-state index contributed by atoms with van der Waals surface area (Å²) in [4.78, 5) is 23.7. The summed E-state index contributed by atoms with van der Waals surface area (Å²) in [5, 5.41) is 3.27. The van der Waals surface area contributed by atoms with Crippen LogP contribution in [0.3, 0.4) is 0 Å². The molecule has 2 rings (SSSR count). The predicted octanol–water partition coefficient (Wildman–Crippen LogP) is 3.21. The molecule has 2 aromatic carbocycles. The topological polar surface area (TPSA) is 72.2 Å². The van der Waals surface area contributed by atoms with Gasteiger partial charge in [0.05, 0.1) is 16.5 Å². The van der Waals surface area contributed by atoms with E-state index in [1.807, 2.05) is 0 Å². The van der Waals surface area contributed by atoms with Crippen molar-refractivity contribution >= 4 is 35.0 Å². The third-order valence-electron chi connectivity index (χ3n) is 3.48. The zero-order valence-electron chi connectivity index (χ0n) is 12.6. The summed E-state index contributed by atoms with van der Waals surface area (Å²) >= 11 is 11.8. The standard InChI is InChI=1S/C17H15Cl2FN2O2/c18-12-3-6-14(15(19)8-12)17(24)22-9-11(16(21)23)7-10-1-4-13(20)5-2-10/h1-6,8,11H,7,9H2,(H2,21,23)(H,22,24). The zero-order chi connectivity index (χ0) is 17.7. The molecule has 0 saturated carbocycles. The molecule has 0 aliphatic heterocycles. The van der Waals surface area contributed by atoms with Gasteiger partial charge in [-0.15, -0.1) is 0 Å². The summed E-state index contributed by atoms with van der Waals surface area (Å²) in [5.41, 5.74) is 6.39. The predicted molar refractivity (Wildman–Crippen MR) is 91.6 cm³/mol. The van der Waals surface area contributed by atoms with E-state index in [1.165, 1.54) is 24.3 Å². The van der Waals surface area contributed by atoms with E-state index in [2.05, 4.69) is 5.32 Å². The first kappa shape index (κ1) is 18.2. The van der Waals surface area contributed by atoms with Crippen molar-refractivity contribution < 1.29 is 14.0 Å². The zero-order valence-corrected chi connectivity index (χ0v) is 14.1. The van der Waals surface area contributed by atoms with E-state index in [0.717, 1.165) is 5.56 Å². The van der Waals surface area contributed by atoms with Crippen LogP contribution in [-0.4, -0.2) is 18.4 Å². The largest absolute Gasteiger partial charge is 0.369 e. The van der Waals surface area contributed by atoms with Crippen LogP contribution in [0.15, 0.2) is 42.5 Å². The van der Waals surface area contributed by atoms with E-state index in [-0.39, 0.29) is 22.9 Å². The maximum absolute atomic E-state index is 12.9. The van der Waals surface area contributed by atoms with Gasteiger partial charge in [0.25, 0.3) is 5.91 Å². The van der Waals surface area contributed by atoms with Crippen LogP contribution in [0.1, 0.15) is 15.9 Å². The summed E-state index contributed by atoms with van der Waals surface area (Å²) in [5.74, 6) is -1.96. The number of rotatable bonds is 6. The van der Waals surface area contributed by atoms with E-state index in [0.29, 0.717) is 11.4 Å².